The van der Waals surface area contributed by atoms with Gasteiger partial charge in [0, 0.05) is 12.1 Å². The van der Waals surface area contributed by atoms with E-state index in [1.165, 1.54) is 0 Å². The number of aromatic nitrogens is 1. The Bertz CT molecular complexity index is 823. The predicted octanol–water partition coefficient (Wildman–Crippen LogP) is 5.03. The summed E-state index contributed by atoms with van der Waals surface area (Å²) in [6.45, 7) is 2.10. The lowest BCUT2D eigenvalue weighted by Crippen LogP contribution is -2.00. The molecule has 0 fully saturated rings. The van der Waals surface area contributed by atoms with Crippen molar-refractivity contribution in [3.63, 3.8) is 0 Å². The van der Waals surface area contributed by atoms with E-state index in [4.69, 9.17) is 5.41 Å². The Kier molecular flexibility index (Phi) is 4.20. The largest absolute Gasteiger partial charge is 0.507 e. The normalized spacial score (nSPS) is 11.0. The number of fused-ring (bicyclic) bond motifs is 1. The van der Waals surface area contributed by atoms with Crippen molar-refractivity contribution >= 4 is 27.3 Å². The lowest BCUT2D eigenvalue weighted by Gasteiger charge is -2.02. The molecule has 0 atom stereocenters. The molecular weight excluding hydrogens is 292 g/mol. The van der Waals surface area contributed by atoms with E-state index in [0.29, 0.717) is 6.42 Å². The van der Waals surface area contributed by atoms with Crippen LogP contribution in [0.3, 0.4) is 0 Å². The molecule has 4 heteroatoms. The summed E-state index contributed by atoms with van der Waals surface area (Å²) in [6.07, 6.45) is 2.57. The zero-order chi connectivity index (χ0) is 15.5. The molecule has 3 rings (SSSR count). The van der Waals surface area contributed by atoms with Gasteiger partial charge in [-0.1, -0.05) is 31.5 Å². The van der Waals surface area contributed by atoms with Crippen LogP contribution in [-0.4, -0.2) is 15.8 Å². The van der Waals surface area contributed by atoms with Gasteiger partial charge < -0.3 is 10.5 Å². The molecule has 112 valence electrons. The maximum Gasteiger partial charge on any atom is 0.128 e. The molecular formula is C18H18N2OS. The van der Waals surface area contributed by atoms with Gasteiger partial charge in [-0.25, -0.2) is 4.98 Å². The number of thiazole rings is 1. The van der Waals surface area contributed by atoms with Crippen molar-refractivity contribution in [3.8, 4) is 16.3 Å². The Morgan fingerprint density at radius 2 is 2.05 bits per heavy atom. The van der Waals surface area contributed by atoms with Crippen molar-refractivity contribution in [2.45, 2.75) is 26.2 Å². The topological polar surface area (TPSA) is 57.0 Å². The number of hydrogen-bond donors (Lipinski definition) is 2. The third-order valence-corrected chi connectivity index (χ3v) is 4.61. The maximum atomic E-state index is 9.96. The third-order valence-electron chi connectivity index (χ3n) is 3.56. The fourth-order valence-corrected chi connectivity index (χ4v) is 3.55. The van der Waals surface area contributed by atoms with Gasteiger partial charge in [0.1, 0.15) is 10.8 Å². The molecule has 2 N–H and O–H groups in total. The van der Waals surface area contributed by atoms with Gasteiger partial charge in [0.15, 0.2) is 0 Å². The number of nitrogens with zero attached hydrogens (tertiary/aromatic N) is 1. The van der Waals surface area contributed by atoms with Gasteiger partial charge in [0.2, 0.25) is 0 Å². The first-order valence-electron chi connectivity index (χ1n) is 7.41. The summed E-state index contributed by atoms with van der Waals surface area (Å²) in [7, 11) is 0. The van der Waals surface area contributed by atoms with Gasteiger partial charge in [-0.05, 0) is 36.2 Å². The summed E-state index contributed by atoms with van der Waals surface area (Å²) in [6, 6.07) is 13.4. The highest BCUT2D eigenvalue weighted by molar-refractivity contribution is 7.21. The molecule has 0 aliphatic heterocycles. The number of nitrogens with one attached hydrogen (secondary N) is 1. The van der Waals surface area contributed by atoms with E-state index in [2.05, 4.69) is 18.0 Å². The zero-order valence-electron chi connectivity index (χ0n) is 12.5. The van der Waals surface area contributed by atoms with Crippen LogP contribution in [0.4, 0.5) is 0 Å². The summed E-state index contributed by atoms with van der Waals surface area (Å²) >= 11 is 1.58. The average molecular weight is 310 g/mol. The summed E-state index contributed by atoms with van der Waals surface area (Å²) in [4.78, 5) is 4.61. The second-order valence-corrected chi connectivity index (χ2v) is 6.40. The molecule has 0 spiro atoms. The molecule has 1 heterocycles. The summed E-state index contributed by atoms with van der Waals surface area (Å²) in [5.74, 6) is 0.256. The van der Waals surface area contributed by atoms with Crippen LogP contribution in [0.25, 0.3) is 20.8 Å². The van der Waals surface area contributed by atoms with Crippen molar-refractivity contribution in [2.75, 3.05) is 0 Å². The minimum absolute atomic E-state index is 0.256. The highest BCUT2D eigenvalue weighted by atomic mass is 32.1. The molecule has 0 aliphatic carbocycles. The lowest BCUT2D eigenvalue weighted by molar-refractivity contribution is 0.477. The van der Waals surface area contributed by atoms with E-state index in [1.54, 1.807) is 17.4 Å². The number of aromatic hydroxyl groups is 1. The molecule has 0 radical (unpaired) electrons. The summed E-state index contributed by atoms with van der Waals surface area (Å²) in [5.41, 5.74) is 3.63. The molecule has 0 saturated heterocycles. The average Bonchev–Trinajstić information content (AvgIpc) is 2.90. The SMILES string of the molecule is CCCC(=N)Cc1ccc2nc(-c3ccccc3O)sc2c1. The Morgan fingerprint density at radius 3 is 2.82 bits per heavy atom. The Morgan fingerprint density at radius 1 is 1.23 bits per heavy atom. The van der Waals surface area contributed by atoms with Crippen LogP contribution >= 0.6 is 11.3 Å². The Hall–Kier alpha value is -2.20. The van der Waals surface area contributed by atoms with Gasteiger partial charge in [0.05, 0.1) is 15.8 Å². The number of hydrogen-bond acceptors (Lipinski definition) is 4. The van der Waals surface area contributed by atoms with Gasteiger partial charge in [-0.3, -0.25) is 0 Å². The van der Waals surface area contributed by atoms with Crippen LogP contribution in [0, 0.1) is 5.41 Å². The van der Waals surface area contributed by atoms with E-state index in [-0.39, 0.29) is 5.75 Å². The van der Waals surface area contributed by atoms with Crippen LogP contribution in [0.2, 0.25) is 0 Å². The molecule has 0 aliphatic rings. The Labute approximate surface area is 133 Å². The van der Waals surface area contributed by atoms with Crippen molar-refractivity contribution in [1.29, 1.82) is 5.41 Å². The van der Waals surface area contributed by atoms with Gasteiger partial charge in [-0.15, -0.1) is 11.3 Å². The molecule has 0 bridgehead atoms. The number of rotatable bonds is 5. The van der Waals surface area contributed by atoms with E-state index in [9.17, 15) is 5.11 Å². The number of phenolic OH excluding ortho intramolecular Hbond substituents is 1. The maximum absolute atomic E-state index is 9.96. The highest BCUT2D eigenvalue weighted by Gasteiger charge is 2.10. The minimum Gasteiger partial charge on any atom is -0.507 e. The van der Waals surface area contributed by atoms with E-state index in [1.807, 2.05) is 30.3 Å². The Balaban J connectivity index is 1.94. The number of phenols is 1. The molecule has 0 unspecified atom stereocenters. The quantitative estimate of drug-likeness (QED) is 0.649. The fourth-order valence-electron chi connectivity index (χ4n) is 2.49. The van der Waals surface area contributed by atoms with Crippen molar-refractivity contribution in [3.05, 3.63) is 48.0 Å². The van der Waals surface area contributed by atoms with Crippen LogP contribution < -0.4 is 0 Å². The van der Waals surface area contributed by atoms with Crippen molar-refractivity contribution in [1.82, 2.24) is 4.98 Å². The van der Waals surface area contributed by atoms with Gasteiger partial charge in [-0.2, -0.15) is 0 Å². The lowest BCUT2D eigenvalue weighted by atomic mass is 10.1. The van der Waals surface area contributed by atoms with Crippen LogP contribution in [0.15, 0.2) is 42.5 Å². The second-order valence-electron chi connectivity index (χ2n) is 5.37. The third kappa shape index (κ3) is 3.02. The summed E-state index contributed by atoms with van der Waals surface area (Å²) in [5, 5.41) is 18.7. The van der Waals surface area contributed by atoms with Gasteiger partial charge in [0.25, 0.3) is 0 Å². The first-order valence-corrected chi connectivity index (χ1v) is 8.23. The van der Waals surface area contributed by atoms with Crippen LogP contribution in [0.5, 0.6) is 5.75 Å². The molecule has 22 heavy (non-hydrogen) atoms. The fraction of sp³-hybridized carbons (Fsp3) is 0.222. The van der Waals surface area contributed by atoms with Crippen LogP contribution in [0.1, 0.15) is 25.3 Å². The second kappa shape index (κ2) is 6.28. The molecule has 0 amide bonds. The standard InChI is InChI=1S/C18H18N2OS/c1-2-5-13(19)10-12-8-9-15-17(11-12)22-18(20-15)14-6-3-4-7-16(14)21/h3-4,6-9,11,19,21H,2,5,10H2,1H3. The first kappa shape index (κ1) is 14.7. The molecule has 1 aromatic heterocycles. The number of benzene rings is 2. The smallest absolute Gasteiger partial charge is 0.128 e. The molecule has 3 aromatic rings. The minimum atomic E-state index is 0.256. The van der Waals surface area contributed by atoms with Crippen molar-refractivity contribution in [2.24, 2.45) is 0 Å². The van der Waals surface area contributed by atoms with Gasteiger partial charge >= 0.3 is 0 Å². The molecule has 2 aromatic carbocycles. The monoisotopic (exact) mass is 310 g/mol. The van der Waals surface area contributed by atoms with E-state index in [0.717, 1.165) is 44.9 Å². The molecule has 0 saturated carbocycles. The molecule has 3 nitrogen and oxygen atoms in total. The summed E-state index contributed by atoms with van der Waals surface area (Å²) < 4.78 is 1.10. The predicted molar refractivity (Wildman–Crippen MR) is 93.1 cm³/mol. The number of para-hydroxylation sites is 1. The van der Waals surface area contributed by atoms with Crippen molar-refractivity contribution < 1.29 is 5.11 Å². The first-order chi connectivity index (χ1) is 10.7. The highest BCUT2D eigenvalue weighted by Crippen LogP contribution is 2.35. The zero-order valence-corrected chi connectivity index (χ0v) is 13.3. The van der Waals surface area contributed by atoms with E-state index >= 15 is 0 Å². The van der Waals surface area contributed by atoms with Crippen LogP contribution in [-0.2, 0) is 6.42 Å². The van der Waals surface area contributed by atoms with E-state index < -0.39 is 0 Å².